The number of carbonyl (C=O) groups excluding carboxylic acids is 6. The molecule has 0 saturated carbocycles. The van der Waals surface area contributed by atoms with Crippen molar-refractivity contribution >= 4 is 149 Å². The van der Waals surface area contributed by atoms with E-state index in [0.29, 0.717) is 48.4 Å². The first-order valence-electron chi connectivity index (χ1n) is 22.9. The number of fused-ring (bicyclic) bond motifs is 2. The van der Waals surface area contributed by atoms with Gasteiger partial charge in [0.2, 0.25) is 0 Å². The zero-order valence-corrected chi connectivity index (χ0v) is 48.8. The number of rotatable bonds is 9. The fourth-order valence-corrected chi connectivity index (χ4v) is 9.40. The van der Waals surface area contributed by atoms with Gasteiger partial charge in [0.15, 0.2) is 11.6 Å². The number of imide groups is 2. The summed E-state index contributed by atoms with van der Waals surface area (Å²) in [6, 6.07) is 17.5. The summed E-state index contributed by atoms with van der Waals surface area (Å²) in [7, 11) is 0. The molecule has 6 rings (SSSR count). The number of ether oxygens (including phenoxy) is 4. The number of nitrogens with two attached hydrogens (primary N) is 1. The number of aromatic nitrogens is 2. The molecule has 0 aliphatic heterocycles. The smallest absolute Gasteiger partial charge is 0.425 e. The van der Waals surface area contributed by atoms with Crippen LogP contribution in [0, 0.1) is 0 Å². The van der Waals surface area contributed by atoms with E-state index in [1.807, 2.05) is 18.2 Å². The molecule has 6 aromatic rings. The van der Waals surface area contributed by atoms with Crippen molar-refractivity contribution < 1.29 is 47.7 Å². The molecule has 23 heteroatoms. The third-order valence-corrected chi connectivity index (χ3v) is 13.5. The van der Waals surface area contributed by atoms with E-state index in [0.717, 1.165) is 36.1 Å². The first-order valence-corrected chi connectivity index (χ1v) is 26.7. The van der Waals surface area contributed by atoms with Gasteiger partial charge in [0.25, 0.3) is 11.1 Å². The van der Waals surface area contributed by atoms with E-state index in [9.17, 15) is 28.8 Å². The number of alkyl halides is 2. The molecule has 404 valence electrons. The second-order valence-electron chi connectivity index (χ2n) is 20.2. The Hall–Kier alpha value is -5.31. The SMILES string of the molecule is CC(C)(C)OC(=O)N(C(=O)OC(C)(C)C)c1nccc2cc(CN)ccc12.CC(C)(C)OC(=O)N(C(=O)OC(C)(C)C)c1nccc2cc(CNC(=O)c3cc(Cl)c(CCl)s3)ccc12.O=C(Cl)c1cc(Cl)c(CCl)s1. The third-order valence-electron chi connectivity index (χ3n) is 9.21. The monoisotopic (exact) mass is 1170 g/mol. The van der Waals surface area contributed by atoms with Crippen LogP contribution in [0.15, 0.2) is 73.1 Å². The van der Waals surface area contributed by atoms with Gasteiger partial charge >= 0.3 is 24.4 Å². The van der Waals surface area contributed by atoms with E-state index in [1.54, 1.807) is 119 Å². The molecule has 2 aromatic carbocycles. The normalized spacial score (nSPS) is 11.6. The van der Waals surface area contributed by atoms with Gasteiger partial charge in [-0.05, 0) is 153 Å². The van der Waals surface area contributed by atoms with Crippen molar-refractivity contribution in [2.75, 3.05) is 9.80 Å². The molecule has 5 amide bonds. The maximum atomic E-state index is 13.1. The summed E-state index contributed by atoms with van der Waals surface area (Å²) in [5.74, 6) is 0.521. The van der Waals surface area contributed by atoms with Gasteiger partial charge in [-0.3, -0.25) is 9.59 Å². The summed E-state index contributed by atoms with van der Waals surface area (Å²) in [6.07, 6.45) is -0.477. The number of hydrogen-bond acceptors (Lipinski definition) is 15. The summed E-state index contributed by atoms with van der Waals surface area (Å²) in [5.41, 5.74) is 4.18. The van der Waals surface area contributed by atoms with E-state index in [-0.39, 0.29) is 30.0 Å². The van der Waals surface area contributed by atoms with Crippen LogP contribution in [0.4, 0.5) is 30.8 Å². The van der Waals surface area contributed by atoms with Crippen LogP contribution in [0.5, 0.6) is 0 Å². The number of nitrogens with one attached hydrogen (secondary N) is 1. The highest BCUT2D eigenvalue weighted by atomic mass is 35.5. The summed E-state index contributed by atoms with van der Waals surface area (Å²) in [5, 5.41) is 6.01. The number of thiophene rings is 2. The molecule has 0 bridgehead atoms. The van der Waals surface area contributed by atoms with Gasteiger partial charge in [0.1, 0.15) is 22.4 Å². The molecule has 16 nitrogen and oxygen atoms in total. The van der Waals surface area contributed by atoms with Crippen LogP contribution in [0.25, 0.3) is 21.5 Å². The van der Waals surface area contributed by atoms with Crippen molar-refractivity contribution in [3.05, 3.63) is 114 Å². The second kappa shape index (κ2) is 26.2. The van der Waals surface area contributed by atoms with Crippen molar-refractivity contribution in [3.8, 4) is 0 Å². The average molecular weight is 1170 g/mol. The lowest BCUT2D eigenvalue weighted by molar-refractivity contribution is 0.0407. The Kier molecular flexibility index (Phi) is 21.7. The predicted molar refractivity (Wildman–Crippen MR) is 300 cm³/mol. The average Bonchev–Trinajstić information content (AvgIpc) is 3.87. The molecule has 4 heterocycles. The van der Waals surface area contributed by atoms with E-state index in [4.69, 9.17) is 82.7 Å². The van der Waals surface area contributed by atoms with Crippen LogP contribution in [-0.2, 0) is 43.8 Å². The van der Waals surface area contributed by atoms with Crippen LogP contribution in [-0.4, -0.2) is 67.9 Å². The molecule has 0 aliphatic carbocycles. The number of carbonyl (C=O) groups is 6. The van der Waals surface area contributed by atoms with Gasteiger partial charge in [-0.25, -0.2) is 29.1 Å². The Labute approximate surface area is 469 Å². The van der Waals surface area contributed by atoms with Crippen molar-refractivity contribution in [2.45, 2.75) is 130 Å². The largest absolute Gasteiger partial charge is 0.443 e. The van der Waals surface area contributed by atoms with E-state index < -0.39 is 52.0 Å². The maximum Gasteiger partial charge on any atom is 0.425 e. The van der Waals surface area contributed by atoms with Crippen LogP contribution in [0.2, 0.25) is 10.0 Å². The van der Waals surface area contributed by atoms with Gasteiger partial charge in [-0.15, -0.1) is 45.9 Å². The molecule has 4 aromatic heterocycles. The first-order chi connectivity index (χ1) is 34.7. The molecular formula is C52H59Cl5N6O10S2. The fraction of sp³-hybridized carbons (Fsp3) is 0.385. The van der Waals surface area contributed by atoms with Gasteiger partial charge in [0, 0.05) is 46.0 Å². The summed E-state index contributed by atoms with van der Waals surface area (Å²) < 4.78 is 21.8. The van der Waals surface area contributed by atoms with Crippen LogP contribution < -0.4 is 20.9 Å². The molecule has 0 aliphatic rings. The maximum absolute atomic E-state index is 13.1. The number of halogens is 5. The molecular weight excluding hydrogens is 1110 g/mol. The number of hydrogen-bond donors (Lipinski definition) is 2. The minimum Gasteiger partial charge on any atom is -0.443 e. The quantitative estimate of drug-likeness (QED) is 0.0785. The summed E-state index contributed by atoms with van der Waals surface area (Å²) in [4.78, 5) is 87.5. The number of anilines is 2. The van der Waals surface area contributed by atoms with Crippen molar-refractivity contribution in [1.29, 1.82) is 0 Å². The molecule has 0 unspecified atom stereocenters. The van der Waals surface area contributed by atoms with Gasteiger partial charge < -0.3 is 30.0 Å². The minimum absolute atomic E-state index is 0.0819. The lowest BCUT2D eigenvalue weighted by atomic mass is 10.1. The highest BCUT2D eigenvalue weighted by molar-refractivity contribution is 7.16. The molecule has 75 heavy (non-hydrogen) atoms. The highest BCUT2D eigenvalue weighted by Gasteiger charge is 2.36. The molecule has 0 radical (unpaired) electrons. The second-order valence-corrected chi connectivity index (χ2v) is 24.1. The zero-order valence-electron chi connectivity index (χ0n) is 43.4. The predicted octanol–water partition coefficient (Wildman–Crippen LogP) is 15.2. The molecule has 3 N–H and O–H groups in total. The van der Waals surface area contributed by atoms with Crippen molar-refractivity contribution in [1.82, 2.24) is 15.3 Å². The number of pyridine rings is 2. The van der Waals surface area contributed by atoms with E-state index >= 15 is 0 Å². The van der Waals surface area contributed by atoms with E-state index in [2.05, 4.69) is 15.3 Å². The van der Waals surface area contributed by atoms with Crippen LogP contribution in [0.1, 0.15) is 123 Å². The number of amides is 5. The van der Waals surface area contributed by atoms with Crippen molar-refractivity contribution in [3.63, 3.8) is 0 Å². The van der Waals surface area contributed by atoms with Crippen LogP contribution >= 0.6 is 80.7 Å². The summed E-state index contributed by atoms with van der Waals surface area (Å²) in [6.45, 7) is 21.2. The Bertz CT molecular complexity index is 2990. The highest BCUT2D eigenvalue weighted by Crippen LogP contribution is 2.33. The third kappa shape index (κ3) is 18.7. The zero-order chi connectivity index (χ0) is 56.4. The lowest BCUT2D eigenvalue weighted by Gasteiger charge is -2.28. The van der Waals surface area contributed by atoms with Gasteiger partial charge in [-0.2, -0.15) is 9.80 Å². The minimum atomic E-state index is -0.899. The van der Waals surface area contributed by atoms with Crippen molar-refractivity contribution in [2.24, 2.45) is 5.73 Å². The Morgan fingerprint density at radius 3 is 1.25 bits per heavy atom. The van der Waals surface area contributed by atoms with Crippen LogP contribution in [0.3, 0.4) is 0 Å². The fourth-order valence-electron chi connectivity index (χ4n) is 6.21. The lowest BCUT2D eigenvalue weighted by Crippen LogP contribution is -2.44. The topological polar surface area (TPSA) is 210 Å². The van der Waals surface area contributed by atoms with Gasteiger partial charge in [0.05, 0.1) is 31.6 Å². The molecule has 0 atom stereocenters. The first kappa shape index (κ1) is 62.2. The standard InChI is InChI=1S/C26H29Cl2N3O5S.C20H27N3O4.C6H3Cl3OS/c1-25(2,3)35-23(33)31(24(34)36-26(4,5)6)21-17-8-7-15(11-16(17)9-10-29-21)14-30-22(32)19-12-18(28)20(13-27)37-19;1-19(2,3)26-17(24)23(18(25)27-20(4,5)6)16-15-8-7-13(12-21)11-14(15)9-10-22-16;7-2-5-3(8)1-4(11-5)6(9)10/h7-12H,13-14H2,1-6H3,(H,30,32);7-11H,12,21H2,1-6H3;1H,2H2. The summed E-state index contributed by atoms with van der Waals surface area (Å²) >= 11 is 30.9. The number of nitrogens with zero attached hydrogens (tertiary/aromatic N) is 4. The molecule has 0 saturated heterocycles. The van der Waals surface area contributed by atoms with E-state index in [1.165, 1.54) is 41.1 Å². The Balaban J connectivity index is 0.000000278. The Morgan fingerprint density at radius 2 is 0.920 bits per heavy atom. The Morgan fingerprint density at radius 1 is 0.560 bits per heavy atom. The van der Waals surface area contributed by atoms with Gasteiger partial charge in [-0.1, -0.05) is 47.5 Å². The molecule has 0 fully saturated rings. The molecule has 0 spiro atoms. The number of benzene rings is 2.